The Balaban J connectivity index is 1.53. The van der Waals surface area contributed by atoms with Crippen LogP contribution in [0.2, 0.25) is 0 Å². The summed E-state index contributed by atoms with van der Waals surface area (Å²) >= 11 is 0. The van der Waals surface area contributed by atoms with E-state index in [0.717, 1.165) is 18.8 Å². The molecule has 0 saturated carbocycles. The SMILES string of the molecule is CC[C@@H]1CN2c3c(c(=O)n(C)c4ccc(C#N)nc34)OC[C@@H]2CN1[C@H](CC)c1ncc(C(F)(F)F)cn1. The van der Waals surface area contributed by atoms with E-state index in [1.54, 1.807) is 19.2 Å². The van der Waals surface area contributed by atoms with Crippen LogP contribution >= 0.6 is 0 Å². The average molecular weight is 514 g/mol. The van der Waals surface area contributed by atoms with Crippen LogP contribution < -0.4 is 15.2 Å². The van der Waals surface area contributed by atoms with Crippen molar-refractivity contribution in [2.45, 2.75) is 51.0 Å². The van der Waals surface area contributed by atoms with Gasteiger partial charge in [0.25, 0.3) is 5.56 Å². The number of piperazine rings is 1. The number of ether oxygens (including phenoxy) is 1. The summed E-state index contributed by atoms with van der Waals surface area (Å²) in [6.45, 7) is 5.36. The van der Waals surface area contributed by atoms with Crippen LogP contribution in [0.15, 0.2) is 29.3 Å². The molecule has 9 nitrogen and oxygen atoms in total. The standard InChI is InChI=1S/C25H26F3N7O2/c1-4-16-11-35-17(12-34(16)18(5-2)23-30-9-14(10-31-23)25(26,27)28)13-37-22-21(35)20-19(33(3)24(22)36)7-6-15(8-29)32-20/h6-7,9-10,16-18H,4-5,11-13H2,1-3H3/t16-,17+,18-/m1/s1. The molecule has 3 atom stereocenters. The van der Waals surface area contributed by atoms with Gasteiger partial charge >= 0.3 is 6.18 Å². The molecule has 0 aliphatic carbocycles. The van der Waals surface area contributed by atoms with Crippen molar-refractivity contribution >= 4 is 16.7 Å². The second-order valence-corrected chi connectivity index (χ2v) is 9.35. The minimum atomic E-state index is -4.50. The first kappa shape index (κ1) is 25.0. The van der Waals surface area contributed by atoms with Crippen molar-refractivity contribution in [3.8, 4) is 11.8 Å². The molecular weight excluding hydrogens is 487 g/mol. The summed E-state index contributed by atoms with van der Waals surface area (Å²) in [7, 11) is 1.65. The zero-order valence-corrected chi connectivity index (χ0v) is 20.7. The van der Waals surface area contributed by atoms with E-state index in [0.29, 0.717) is 42.1 Å². The van der Waals surface area contributed by atoms with Gasteiger partial charge in [-0.05, 0) is 25.0 Å². The van der Waals surface area contributed by atoms with E-state index in [9.17, 15) is 23.2 Å². The molecule has 37 heavy (non-hydrogen) atoms. The summed E-state index contributed by atoms with van der Waals surface area (Å²) < 4.78 is 46.6. The Morgan fingerprint density at radius 1 is 1.22 bits per heavy atom. The summed E-state index contributed by atoms with van der Waals surface area (Å²) in [5.74, 6) is 0.564. The molecule has 3 aromatic rings. The molecule has 0 amide bonds. The van der Waals surface area contributed by atoms with Crippen molar-refractivity contribution in [2.75, 3.05) is 24.6 Å². The zero-order valence-electron chi connectivity index (χ0n) is 20.7. The molecule has 3 aromatic heterocycles. The largest absolute Gasteiger partial charge is 0.484 e. The number of anilines is 1. The molecule has 2 aliphatic rings. The Labute approximate surface area is 211 Å². The Kier molecular flexibility index (Phi) is 6.27. The van der Waals surface area contributed by atoms with E-state index in [1.165, 1.54) is 4.57 Å². The lowest BCUT2D eigenvalue weighted by molar-refractivity contribution is -0.138. The third kappa shape index (κ3) is 4.17. The summed E-state index contributed by atoms with van der Waals surface area (Å²) in [4.78, 5) is 30.2. The number of rotatable bonds is 4. The van der Waals surface area contributed by atoms with Crippen molar-refractivity contribution in [3.05, 3.63) is 52.0 Å². The second-order valence-electron chi connectivity index (χ2n) is 9.35. The number of aryl methyl sites for hydroxylation is 1. The van der Waals surface area contributed by atoms with Crippen LogP contribution in [0.5, 0.6) is 5.75 Å². The molecule has 0 aromatic carbocycles. The van der Waals surface area contributed by atoms with E-state index < -0.39 is 11.7 Å². The van der Waals surface area contributed by atoms with Gasteiger partial charge in [0.05, 0.1) is 23.2 Å². The van der Waals surface area contributed by atoms with Gasteiger partial charge in [-0.25, -0.2) is 15.0 Å². The number of pyridine rings is 2. The van der Waals surface area contributed by atoms with Crippen LogP contribution in [-0.4, -0.2) is 56.2 Å². The number of nitrogens with zero attached hydrogens (tertiary/aromatic N) is 7. The highest BCUT2D eigenvalue weighted by Crippen LogP contribution is 2.41. The minimum absolute atomic E-state index is 0.0105. The fourth-order valence-electron chi connectivity index (χ4n) is 5.36. The Bertz CT molecular complexity index is 1430. The third-order valence-electron chi connectivity index (χ3n) is 7.29. The maximum absolute atomic E-state index is 13.1. The number of alkyl halides is 3. The molecule has 2 aliphatic heterocycles. The van der Waals surface area contributed by atoms with Crippen LogP contribution in [0, 0.1) is 11.3 Å². The minimum Gasteiger partial charge on any atom is -0.484 e. The quantitative estimate of drug-likeness (QED) is 0.523. The summed E-state index contributed by atoms with van der Waals surface area (Å²) in [5, 5.41) is 9.42. The maximum atomic E-state index is 13.1. The van der Waals surface area contributed by atoms with Crippen LogP contribution in [0.1, 0.15) is 49.8 Å². The lowest BCUT2D eigenvalue weighted by atomic mass is 9.98. The Morgan fingerprint density at radius 2 is 1.95 bits per heavy atom. The monoisotopic (exact) mass is 513 g/mol. The highest BCUT2D eigenvalue weighted by molar-refractivity contribution is 5.93. The topological polar surface area (TPSA) is 100 Å². The summed E-state index contributed by atoms with van der Waals surface area (Å²) in [6, 6.07) is 4.96. The first-order valence-electron chi connectivity index (χ1n) is 12.2. The molecular formula is C25H26F3N7O2. The van der Waals surface area contributed by atoms with Crippen molar-refractivity contribution < 1.29 is 17.9 Å². The number of hydrogen-bond acceptors (Lipinski definition) is 8. The fraction of sp³-hybridized carbons (Fsp3) is 0.480. The number of aromatic nitrogens is 4. The lowest BCUT2D eigenvalue weighted by Gasteiger charge is -2.51. The molecule has 0 bridgehead atoms. The van der Waals surface area contributed by atoms with E-state index in [1.807, 2.05) is 13.8 Å². The predicted molar refractivity (Wildman–Crippen MR) is 129 cm³/mol. The summed E-state index contributed by atoms with van der Waals surface area (Å²) in [5.41, 5.74) is 0.815. The number of nitriles is 1. The molecule has 0 unspecified atom stereocenters. The van der Waals surface area contributed by atoms with E-state index >= 15 is 0 Å². The number of halogens is 3. The normalized spacial score (nSPS) is 20.6. The van der Waals surface area contributed by atoms with Crippen LogP contribution in [0.3, 0.4) is 0 Å². The van der Waals surface area contributed by atoms with Gasteiger partial charge in [-0.2, -0.15) is 18.4 Å². The van der Waals surface area contributed by atoms with E-state index in [4.69, 9.17) is 4.74 Å². The smallest absolute Gasteiger partial charge is 0.419 e. The molecule has 12 heteroatoms. The first-order chi connectivity index (χ1) is 17.7. The zero-order chi connectivity index (χ0) is 26.5. The first-order valence-corrected chi connectivity index (χ1v) is 12.2. The van der Waals surface area contributed by atoms with Gasteiger partial charge in [0.15, 0.2) is 0 Å². The van der Waals surface area contributed by atoms with E-state index in [2.05, 4.69) is 30.8 Å². The summed E-state index contributed by atoms with van der Waals surface area (Å²) in [6.07, 6.45) is -1.45. The van der Waals surface area contributed by atoms with Crippen LogP contribution in [-0.2, 0) is 13.2 Å². The molecule has 1 saturated heterocycles. The van der Waals surface area contributed by atoms with E-state index in [-0.39, 0.29) is 41.7 Å². The van der Waals surface area contributed by atoms with Gasteiger partial charge in [-0.1, -0.05) is 13.8 Å². The lowest BCUT2D eigenvalue weighted by Crippen LogP contribution is -2.62. The van der Waals surface area contributed by atoms with Gasteiger partial charge < -0.3 is 14.2 Å². The van der Waals surface area contributed by atoms with Gasteiger partial charge in [-0.3, -0.25) is 9.69 Å². The molecule has 0 N–H and O–H groups in total. The average Bonchev–Trinajstić information content (AvgIpc) is 2.90. The molecule has 1 fully saturated rings. The molecule has 5 rings (SSSR count). The Hall–Kier alpha value is -3.72. The van der Waals surface area contributed by atoms with Crippen molar-refractivity contribution in [1.82, 2.24) is 24.4 Å². The van der Waals surface area contributed by atoms with Crippen molar-refractivity contribution in [2.24, 2.45) is 7.05 Å². The molecule has 0 spiro atoms. The number of hydrogen-bond donors (Lipinski definition) is 0. The fourth-order valence-corrected chi connectivity index (χ4v) is 5.36. The molecule has 0 radical (unpaired) electrons. The van der Waals surface area contributed by atoms with Gasteiger partial charge in [0, 0.05) is 38.6 Å². The maximum Gasteiger partial charge on any atom is 0.419 e. The predicted octanol–water partition coefficient (Wildman–Crippen LogP) is 3.43. The van der Waals surface area contributed by atoms with Gasteiger partial charge in [-0.15, -0.1) is 0 Å². The molecule has 5 heterocycles. The Morgan fingerprint density at radius 3 is 2.57 bits per heavy atom. The second kappa shape index (κ2) is 9.30. The highest BCUT2D eigenvalue weighted by atomic mass is 19.4. The van der Waals surface area contributed by atoms with Gasteiger partial charge in [0.2, 0.25) is 5.75 Å². The van der Waals surface area contributed by atoms with Crippen molar-refractivity contribution in [1.29, 1.82) is 5.26 Å². The van der Waals surface area contributed by atoms with Crippen molar-refractivity contribution in [3.63, 3.8) is 0 Å². The highest BCUT2D eigenvalue weighted by Gasteiger charge is 2.42. The molecule has 194 valence electrons. The third-order valence-corrected chi connectivity index (χ3v) is 7.29. The van der Waals surface area contributed by atoms with Gasteiger partial charge in [0.1, 0.15) is 35.4 Å². The van der Waals surface area contributed by atoms with Crippen LogP contribution in [0.25, 0.3) is 11.0 Å². The number of fused-ring (bicyclic) bond motifs is 5. The van der Waals surface area contributed by atoms with Crippen LogP contribution in [0.4, 0.5) is 18.9 Å².